The van der Waals surface area contributed by atoms with Crippen molar-refractivity contribution in [2.75, 3.05) is 13.2 Å². The van der Waals surface area contributed by atoms with Gasteiger partial charge in [-0.15, -0.1) is 0 Å². The van der Waals surface area contributed by atoms with Crippen LogP contribution in [0.5, 0.6) is 0 Å². The Hall–Kier alpha value is -0.970. The molecule has 1 saturated heterocycles. The largest absolute Gasteiger partial charge is 0.392 e. The van der Waals surface area contributed by atoms with Gasteiger partial charge in [-0.2, -0.15) is 0 Å². The minimum Gasteiger partial charge on any atom is -0.392 e. The van der Waals surface area contributed by atoms with E-state index in [1.165, 1.54) is 12.8 Å². The molecule has 4 heteroatoms. The van der Waals surface area contributed by atoms with Crippen molar-refractivity contribution in [1.29, 1.82) is 0 Å². The smallest absolute Gasteiger partial charge is 0.0622 e. The van der Waals surface area contributed by atoms with Crippen LogP contribution in [-0.4, -0.2) is 35.5 Å². The summed E-state index contributed by atoms with van der Waals surface area (Å²) in [5, 5.41) is 10.3. The molecule has 0 aromatic carbocycles. The fraction of sp³-hybridized carbons (Fsp3) is 0.667. The summed E-state index contributed by atoms with van der Waals surface area (Å²) in [5.41, 5.74) is 6.81. The zero-order chi connectivity index (χ0) is 13.5. The Kier molecular flexibility index (Phi) is 5.76. The third-order valence-electron chi connectivity index (χ3n) is 3.89. The van der Waals surface area contributed by atoms with Gasteiger partial charge in [-0.25, -0.2) is 0 Å². The van der Waals surface area contributed by atoms with E-state index in [4.69, 9.17) is 10.5 Å². The molecule has 0 radical (unpaired) electrons. The number of aliphatic hydroxyl groups excluding tert-OH is 1. The third kappa shape index (κ3) is 4.27. The maximum atomic E-state index is 10.3. The van der Waals surface area contributed by atoms with Crippen LogP contribution in [0.2, 0.25) is 0 Å². The number of pyridine rings is 1. The van der Waals surface area contributed by atoms with Crippen molar-refractivity contribution in [2.24, 2.45) is 5.73 Å². The lowest BCUT2D eigenvalue weighted by Crippen LogP contribution is -2.28. The van der Waals surface area contributed by atoms with Gasteiger partial charge in [0.2, 0.25) is 0 Å². The molecule has 3 N–H and O–H groups in total. The Balaban J connectivity index is 1.84. The van der Waals surface area contributed by atoms with E-state index >= 15 is 0 Å². The summed E-state index contributed by atoms with van der Waals surface area (Å²) in [6, 6.07) is 3.86. The van der Waals surface area contributed by atoms with Crippen LogP contribution in [0.1, 0.15) is 43.6 Å². The molecule has 3 unspecified atom stereocenters. The maximum Gasteiger partial charge on any atom is 0.0622 e. The Morgan fingerprint density at radius 3 is 3.00 bits per heavy atom. The van der Waals surface area contributed by atoms with Gasteiger partial charge in [0, 0.05) is 31.5 Å². The first-order valence-electron chi connectivity index (χ1n) is 7.21. The molecule has 1 aromatic rings. The number of hydrogen-bond acceptors (Lipinski definition) is 4. The van der Waals surface area contributed by atoms with Gasteiger partial charge >= 0.3 is 0 Å². The van der Waals surface area contributed by atoms with Crippen molar-refractivity contribution in [1.82, 2.24) is 4.98 Å². The first kappa shape index (κ1) is 14.4. The molecule has 3 atom stereocenters. The Labute approximate surface area is 115 Å². The van der Waals surface area contributed by atoms with Crippen LogP contribution < -0.4 is 5.73 Å². The molecule has 1 aliphatic rings. The molecule has 1 aliphatic heterocycles. The third-order valence-corrected chi connectivity index (χ3v) is 3.89. The number of nitrogens with two attached hydrogens (primary N) is 1. The number of aliphatic hydroxyl groups is 1. The molecule has 0 amide bonds. The van der Waals surface area contributed by atoms with Gasteiger partial charge in [-0.05, 0) is 43.7 Å². The monoisotopic (exact) mass is 264 g/mol. The lowest BCUT2D eigenvalue weighted by Gasteiger charge is -2.26. The van der Waals surface area contributed by atoms with Crippen LogP contribution in [0, 0.1) is 0 Å². The number of nitrogens with zero attached hydrogens (tertiary/aromatic N) is 1. The van der Waals surface area contributed by atoms with E-state index in [9.17, 15) is 5.11 Å². The first-order valence-corrected chi connectivity index (χ1v) is 7.21. The van der Waals surface area contributed by atoms with Crippen LogP contribution in [0.15, 0.2) is 24.5 Å². The van der Waals surface area contributed by atoms with Crippen LogP contribution >= 0.6 is 0 Å². The normalized spacial score (nSPS) is 22.9. The molecule has 1 aromatic heterocycles. The van der Waals surface area contributed by atoms with E-state index in [1.807, 2.05) is 12.1 Å². The van der Waals surface area contributed by atoms with Gasteiger partial charge in [0.05, 0.1) is 12.2 Å². The minimum atomic E-state index is -0.417. The summed E-state index contributed by atoms with van der Waals surface area (Å²) in [7, 11) is 0. The highest BCUT2D eigenvalue weighted by Crippen LogP contribution is 2.24. The van der Waals surface area contributed by atoms with Crippen molar-refractivity contribution in [3.05, 3.63) is 30.1 Å². The Bertz CT molecular complexity index is 352. The van der Waals surface area contributed by atoms with Gasteiger partial charge in [-0.3, -0.25) is 4.98 Å². The highest BCUT2D eigenvalue weighted by atomic mass is 16.5. The fourth-order valence-corrected chi connectivity index (χ4v) is 2.70. The number of rotatable bonds is 6. The molecule has 4 nitrogen and oxygen atoms in total. The van der Waals surface area contributed by atoms with Gasteiger partial charge in [0.25, 0.3) is 0 Å². The molecule has 19 heavy (non-hydrogen) atoms. The lowest BCUT2D eigenvalue weighted by molar-refractivity contribution is 0.000424. The molecule has 106 valence electrons. The molecular formula is C15H24N2O2. The van der Waals surface area contributed by atoms with Gasteiger partial charge < -0.3 is 15.6 Å². The molecule has 2 heterocycles. The van der Waals surface area contributed by atoms with Gasteiger partial charge in [-0.1, -0.05) is 6.07 Å². The van der Waals surface area contributed by atoms with Crippen LogP contribution in [0.4, 0.5) is 0 Å². The van der Waals surface area contributed by atoms with E-state index in [0.717, 1.165) is 31.4 Å². The Morgan fingerprint density at radius 2 is 2.37 bits per heavy atom. The predicted octanol–water partition coefficient (Wildman–Crippen LogP) is 1.83. The number of ether oxygens (including phenoxy) is 1. The number of aromatic nitrogens is 1. The van der Waals surface area contributed by atoms with Gasteiger partial charge in [0.1, 0.15) is 0 Å². The highest BCUT2D eigenvalue weighted by Gasteiger charge is 2.22. The second-order valence-electron chi connectivity index (χ2n) is 5.26. The van der Waals surface area contributed by atoms with E-state index in [2.05, 4.69) is 4.98 Å². The van der Waals surface area contributed by atoms with E-state index < -0.39 is 6.10 Å². The number of hydrogen-bond donors (Lipinski definition) is 2. The standard InChI is InChI=1S/C15H24N2O2/c16-10-14(12-4-3-8-17-11-12)15(18)7-6-13-5-1-2-9-19-13/h3-4,8,11,13-15,18H,1-2,5-7,9-10,16H2. The van der Waals surface area contributed by atoms with Crippen molar-refractivity contribution >= 4 is 0 Å². The Morgan fingerprint density at radius 1 is 1.47 bits per heavy atom. The lowest BCUT2D eigenvalue weighted by atomic mass is 9.90. The fourth-order valence-electron chi connectivity index (χ4n) is 2.70. The van der Waals surface area contributed by atoms with Crippen molar-refractivity contribution in [2.45, 2.75) is 50.2 Å². The van der Waals surface area contributed by atoms with E-state index in [0.29, 0.717) is 12.6 Å². The summed E-state index contributed by atoms with van der Waals surface area (Å²) in [6.07, 6.45) is 8.60. The highest BCUT2D eigenvalue weighted by molar-refractivity contribution is 5.16. The maximum absolute atomic E-state index is 10.3. The van der Waals surface area contributed by atoms with Crippen molar-refractivity contribution in [3.8, 4) is 0 Å². The second-order valence-corrected chi connectivity index (χ2v) is 5.26. The van der Waals surface area contributed by atoms with Crippen molar-refractivity contribution < 1.29 is 9.84 Å². The predicted molar refractivity (Wildman–Crippen MR) is 74.9 cm³/mol. The zero-order valence-electron chi connectivity index (χ0n) is 11.4. The van der Waals surface area contributed by atoms with E-state index in [-0.39, 0.29) is 5.92 Å². The molecule has 0 saturated carbocycles. The summed E-state index contributed by atoms with van der Waals surface area (Å²) >= 11 is 0. The summed E-state index contributed by atoms with van der Waals surface area (Å²) in [6.45, 7) is 1.31. The molecule has 0 aliphatic carbocycles. The molecule has 2 rings (SSSR count). The summed E-state index contributed by atoms with van der Waals surface area (Å²) < 4.78 is 5.69. The first-order chi connectivity index (χ1) is 9.31. The molecular weight excluding hydrogens is 240 g/mol. The second kappa shape index (κ2) is 7.58. The SMILES string of the molecule is NCC(c1cccnc1)C(O)CCC1CCCCO1. The molecule has 1 fully saturated rings. The molecule has 0 spiro atoms. The molecule has 0 bridgehead atoms. The average Bonchev–Trinajstić information content (AvgIpc) is 2.48. The summed E-state index contributed by atoms with van der Waals surface area (Å²) in [5.74, 6) is -0.0303. The quantitative estimate of drug-likeness (QED) is 0.822. The zero-order valence-corrected chi connectivity index (χ0v) is 11.4. The van der Waals surface area contributed by atoms with E-state index in [1.54, 1.807) is 12.4 Å². The van der Waals surface area contributed by atoms with Crippen LogP contribution in [0.3, 0.4) is 0 Å². The summed E-state index contributed by atoms with van der Waals surface area (Å²) in [4.78, 5) is 4.09. The van der Waals surface area contributed by atoms with Gasteiger partial charge in [0.15, 0.2) is 0 Å². The average molecular weight is 264 g/mol. The van der Waals surface area contributed by atoms with Crippen LogP contribution in [0.25, 0.3) is 0 Å². The van der Waals surface area contributed by atoms with Crippen molar-refractivity contribution in [3.63, 3.8) is 0 Å². The minimum absolute atomic E-state index is 0.0303. The van der Waals surface area contributed by atoms with Crippen LogP contribution in [-0.2, 0) is 4.74 Å². The topological polar surface area (TPSA) is 68.4 Å².